The van der Waals surface area contributed by atoms with E-state index in [9.17, 15) is 10.2 Å². The molecular weight excluding hydrogens is 204 g/mol. The summed E-state index contributed by atoms with van der Waals surface area (Å²) in [6.45, 7) is 0.372. The van der Waals surface area contributed by atoms with Crippen LogP contribution in [0, 0.1) is 0 Å². The number of aliphatic hydroxyl groups is 2. The second-order valence-electron chi connectivity index (χ2n) is 4.06. The lowest BCUT2D eigenvalue weighted by Gasteiger charge is -2.19. The van der Waals surface area contributed by atoms with Crippen molar-refractivity contribution in [1.82, 2.24) is 5.32 Å². The van der Waals surface area contributed by atoms with Crippen LogP contribution in [-0.2, 0) is 0 Å². The Kier molecular flexibility index (Phi) is 4.73. The summed E-state index contributed by atoms with van der Waals surface area (Å²) < 4.78 is 0. The summed E-state index contributed by atoms with van der Waals surface area (Å²) in [7, 11) is 5.66. The van der Waals surface area contributed by atoms with Crippen LogP contribution in [0.3, 0.4) is 0 Å². The summed E-state index contributed by atoms with van der Waals surface area (Å²) in [6, 6.07) is 7.51. The van der Waals surface area contributed by atoms with Crippen LogP contribution in [0.4, 0.5) is 5.69 Å². The predicted octanol–water partition coefficient (Wildman–Crippen LogP) is 0.366. The molecule has 0 aliphatic carbocycles. The SMILES string of the molecule is CNCC(O)C(O)c1ccc(N(C)C)cc1. The Morgan fingerprint density at radius 1 is 1.19 bits per heavy atom. The molecule has 1 aromatic rings. The van der Waals surface area contributed by atoms with Crippen LogP contribution in [0.2, 0.25) is 0 Å². The van der Waals surface area contributed by atoms with Gasteiger partial charge in [0.2, 0.25) is 0 Å². The minimum Gasteiger partial charge on any atom is -0.389 e. The largest absolute Gasteiger partial charge is 0.389 e. The van der Waals surface area contributed by atoms with E-state index in [1.54, 1.807) is 7.05 Å². The molecule has 0 saturated carbocycles. The molecule has 0 aromatic heterocycles. The van der Waals surface area contributed by atoms with Crippen LogP contribution < -0.4 is 10.2 Å². The molecule has 0 heterocycles. The van der Waals surface area contributed by atoms with Crippen molar-refractivity contribution in [3.05, 3.63) is 29.8 Å². The molecule has 1 rings (SSSR count). The number of anilines is 1. The minimum absolute atomic E-state index is 0.372. The van der Waals surface area contributed by atoms with E-state index in [4.69, 9.17) is 0 Å². The first-order valence-electron chi connectivity index (χ1n) is 5.34. The molecule has 4 heteroatoms. The fourth-order valence-electron chi connectivity index (χ4n) is 1.51. The van der Waals surface area contributed by atoms with E-state index in [1.165, 1.54) is 0 Å². The molecule has 0 aliphatic heterocycles. The molecule has 0 aliphatic rings. The smallest absolute Gasteiger partial charge is 0.106 e. The molecule has 0 radical (unpaired) electrons. The summed E-state index contributed by atoms with van der Waals surface area (Å²) in [5.74, 6) is 0. The quantitative estimate of drug-likeness (QED) is 0.676. The number of nitrogens with zero attached hydrogens (tertiary/aromatic N) is 1. The van der Waals surface area contributed by atoms with E-state index in [1.807, 2.05) is 43.3 Å². The van der Waals surface area contributed by atoms with Crippen LogP contribution in [0.25, 0.3) is 0 Å². The average molecular weight is 224 g/mol. The van der Waals surface area contributed by atoms with Crippen molar-refractivity contribution in [2.24, 2.45) is 0 Å². The molecule has 90 valence electrons. The third-order valence-corrected chi connectivity index (χ3v) is 2.53. The van der Waals surface area contributed by atoms with Crippen molar-refractivity contribution in [2.45, 2.75) is 12.2 Å². The molecule has 0 bridgehead atoms. The molecule has 1 aromatic carbocycles. The topological polar surface area (TPSA) is 55.7 Å². The van der Waals surface area contributed by atoms with Crippen LogP contribution in [0.15, 0.2) is 24.3 Å². The van der Waals surface area contributed by atoms with Gasteiger partial charge in [-0.05, 0) is 24.7 Å². The monoisotopic (exact) mass is 224 g/mol. The summed E-state index contributed by atoms with van der Waals surface area (Å²) in [4.78, 5) is 1.99. The van der Waals surface area contributed by atoms with Crippen LogP contribution >= 0.6 is 0 Å². The first kappa shape index (κ1) is 13.0. The van der Waals surface area contributed by atoms with Crippen LogP contribution in [0.5, 0.6) is 0 Å². The normalized spacial score (nSPS) is 14.6. The second-order valence-corrected chi connectivity index (χ2v) is 4.06. The predicted molar refractivity (Wildman–Crippen MR) is 65.7 cm³/mol. The third kappa shape index (κ3) is 3.20. The molecule has 2 atom stereocenters. The van der Waals surface area contributed by atoms with Gasteiger partial charge in [-0.1, -0.05) is 12.1 Å². The number of hydrogen-bond donors (Lipinski definition) is 3. The first-order valence-corrected chi connectivity index (χ1v) is 5.34. The lowest BCUT2D eigenvalue weighted by atomic mass is 10.0. The van der Waals surface area contributed by atoms with Gasteiger partial charge < -0.3 is 20.4 Å². The van der Waals surface area contributed by atoms with Crippen molar-refractivity contribution in [3.8, 4) is 0 Å². The Labute approximate surface area is 96.5 Å². The molecule has 0 saturated heterocycles. The van der Waals surface area contributed by atoms with Gasteiger partial charge in [-0.25, -0.2) is 0 Å². The fourth-order valence-corrected chi connectivity index (χ4v) is 1.51. The number of hydrogen-bond acceptors (Lipinski definition) is 4. The summed E-state index contributed by atoms with van der Waals surface area (Å²) in [5, 5.41) is 22.3. The standard InChI is InChI=1S/C12H20N2O2/c1-13-8-11(15)12(16)9-4-6-10(7-5-9)14(2)3/h4-7,11-13,15-16H,8H2,1-3H3. The number of aliphatic hydroxyl groups excluding tert-OH is 2. The maximum atomic E-state index is 9.85. The Hall–Kier alpha value is -1.10. The van der Waals surface area contributed by atoms with Gasteiger partial charge in [-0.3, -0.25) is 0 Å². The average Bonchev–Trinajstić information content (AvgIpc) is 2.28. The summed E-state index contributed by atoms with van der Waals surface area (Å²) in [5.41, 5.74) is 1.80. The van der Waals surface area contributed by atoms with E-state index in [0.29, 0.717) is 6.54 Å². The molecule has 0 spiro atoms. The van der Waals surface area contributed by atoms with E-state index < -0.39 is 12.2 Å². The van der Waals surface area contributed by atoms with Gasteiger partial charge in [-0.2, -0.15) is 0 Å². The molecular formula is C12H20N2O2. The Bertz CT molecular complexity index is 311. The third-order valence-electron chi connectivity index (χ3n) is 2.53. The zero-order valence-electron chi connectivity index (χ0n) is 10.0. The highest BCUT2D eigenvalue weighted by Gasteiger charge is 2.17. The van der Waals surface area contributed by atoms with Crippen LogP contribution in [-0.4, -0.2) is 44.0 Å². The Morgan fingerprint density at radius 2 is 1.75 bits per heavy atom. The van der Waals surface area contributed by atoms with E-state index in [2.05, 4.69) is 5.32 Å². The summed E-state index contributed by atoms with van der Waals surface area (Å²) in [6.07, 6.45) is -1.63. The van der Waals surface area contributed by atoms with Gasteiger partial charge in [0, 0.05) is 26.3 Å². The molecule has 16 heavy (non-hydrogen) atoms. The van der Waals surface area contributed by atoms with Crippen molar-refractivity contribution < 1.29 is 10.2 Å². The lowest BCUT2D eigenvalue weighted by Crippen LogP contribution is -2.29. The zero-order valence-corrected chi connectivity index (χ0v) is 10.0. The van der Waals surface area contributed by atoms with E-state index in [-0.39, 0.29) is 0 Å². The zero-order chi connectivity index (χ0) is 12.1. The van der Waals surface area contributed by atoms with E-state index >= 15 is 0 Å². The maximum Gasteiger partial charge on any atom is 0.106 e. The van der Waals surface area contributed by atoms with Gasteiger partial charge in [0.05, 0.1) is 6.10 Å². The van der Waals surface area contributed by atoms with Crippen molar-refractivity contribution in [2.75, 3.05) is 32.6 Å². The maximum absolute atomic E-state index is 9.85. The number of rotatable bonds is 5. The molecule has 2 unspecified atom stereocenters. The van der Waals surface area contributed by atoms with Gasteiger partial charge in [-0.15, -0.1) is 0 Å². The Morgan fingerprint density at radius 3 is 2.19 bits per heavy atom. The summed E-state index contributed by atoms with van der Waals surface area (Å²) >= 11 is 0. The van der Waals surface area contributed by atoms with Crippen molar-refractivity contribution >= 4 is 5.69 Å². The number of nitrogens with one attached hydrogen (secondary N) is 1. The number of likely N-dealkylation sites (N-methyl/N-ethyl adjacent to an activating group) is 1. The van der Waals surface area contributed by atoms with Crippen molar-refractivity contribution in [3.63, 3.8) is 0 Å². The van der Waals surface area contributed by atoms with E-state index in [0.717, 1.165) is 11.3 Å². The van der Waals surface area contributed by atoms with Gasteiger partial charge >= 0.3 is 0 Å². The van der Waals surface area contributed by atoms with Crippen LogP contribution in [0.1, 0.15) is 11.7 Å². The van der Waals surface area contributed by atoms with Crippen molar-refractivity contribution in [1.29, 1.82) is 0 Å². The highest BCUT2D eigenvalue weighted by molar-refractivity contribution is 5.46. The molecule has 0 fully saturated rings. The highest BCUT2D eigenvalue weighted by Crippen LogP contribution is 2.20. The first-order chi connectivity index (χ1) is 7.56. The van der Waals surface area contributed by atoms with Gasteiger partial charge in [0.1, 0.15) is 6.10 Å². The van der Waals surface area contributed by atoms with Gasteiger partial charge in [0.25, 0.3) is 0 Å². The Balaban J connectivity index is 2.73. The fraction of sp³-hybridized carbons (Fsp3) is 0.500. The molecule has 3 N–H and O–H groups in total. The lowest BCUT2D eigenvalue weighted by molar-refractivity contribution is 0.0202. The molecule has 0 amide bonds. The number of benzene rings is 1. The highest BCUT2D eigenvalue weighted by atomic mass is 16.3. The minimum atomic E-state index is -0.844. The second kappa shape index (κ2) is 5.84. The van der Waals surface area contributed by atoms with Gasteiger partial charge in [0.15, 0.2) is 0 Å². The molecule has 4 nitrogen and oxygen atoms in total.